The molecule has 1 aromatic rings. The summed E-state index contributed by atoms with van der Waals surface area (Å²) in [7, 11) is 0. The number of likely N-dealkylation sites (tertiary alicyclic amines) is 1. The lowest BCUT2D eigenvalue weighted by Gasteiger charge is -2.32. The van der Waals surface area contributed by atoms with E-state index in [0.29, 0.717) is 11.7 Å². The Morgan fingerprint density at radius 3 is 3.17 bits per heavy atom. The van der Waals surface area contributed by atoms with Crippen LogP contribution in [0.1, 0.15) is 36.9 Å². The van der Waals surface area contributed by atoms with Gasteiger partial charge in [0.15, 0.2) is 0 Å². The molecule has 0 aliphatic carbocycles. The summed E-state index contributed by atoms with van der Waals surface area (Å²) < 4.78 is 0. The minimum Gasteiger partial charge on any atom is -0.481 e. The van der Waals surface area contributed by atoms with E-state index in [9.17, 15) is 4.79 Å². The number of carbonyl (C=O) groups is 1. The number of hydrogen-bond donors (Lipinski definition) is 1. The van der Waals surface area contributed by atoms with Gasteiger partial charge in [0, 0.05) is 24.4 Å². The van der Waals surface area contributed by atoms with Crippen LogP contribution in [0.2, 0.25) is 0 Å². The molecular formula is C13H20N2O2S. The molecule has 5 heteroatoms. The van der Waals surface area contributed by atoms with E-state index in [4.69, 9.17) is 5.11 Å². The molecule has 0 bridgehead atoms. The number of piperidine rings is 1. The Morgan fingerprint density at radius 1 is 1.61 bits per heavy atom. The number of aliphatic carboxylic acids is 1. The number of aromatic nitrogens is 1. The molecular weight excluding hydrogens is 248 g/mol. The second kappa shape index (κ2) is 6.29. The first kappa shape index (κ1) is 13.5. The molecule has 1 atom stereocenters. The average Bonchev–Trinajstić information content (AvgIpc) is 2.75. The van der Waals surface area contributed by atoms with E-state index < -0.39 is 5.97 Å². The van der Waals surface area contributed by atoms with Crippen LogP contribution in [0.5, 0.6) is 0 Å². The number of carboxylic acids is 1. The Hall–Kier alpha value is -0.940. The fraction of sp³-hybridized carbons (Fsp3) is 0.692. The Balaban J connectivity index is 1.82. The number of nitrogens with zero attached hydrogens (tertiary/aromatic N) is 2. The Bertz CT molecular complexity index is 405. The Labute approximate surface area is 112 Å². The molecule has 1 aliphatic heterocycles. The zero-order chi connectivity index (χ0) is 13.0. The van der Waals surface area contributed by atoms with Crippen molar-refractivity contribution in [1.82, 2.24) is 9.88 Å². The summed E-state index contributed by atoms with van der Waals surface area (Å²) in [4.78, 5) is 17.5. The smallest absolute Gasteiger partial charge is 0.309 e. The minimum absolute atomic E-state index is 0.0383. The summed E-state index contributed by atoms with van der Waals surface area (Å²) >= 11 is 1.58. The fourth-order valence-corrected chi connectivity index (χ4v) is 3.22. The van der Waals surface area contributed by atoms with Crippen molar-refractivity contribution in [3.63, 3.8) is 0 Å². The number of hydrogen-bond acceptors (Lipinski definition) is 4. The largest absolute Gasteiger partial charge is 0.481 e. The molecule has 0 amide bonds. The summed E-state index contributed by atoms with van der Waals surface area (Å²) in [5, 5.41) is 11.6. The zero-order valence-electron chi connectivity index (χ0n) is 10.8. The van der Waals surface area contributed by atoms with Crippen molar-refractivity contribution >= 4 is 17.3 Å². The van der Waals surface area contributed by atoms with Gasteiger partial charge in [-0.1, -0.05) is 6.42 Å². The van der Waals surface area contributed by atoms with E-state index in [1.807, 2.05) is 5.38 Å². The average molecular weight is 268 g/mol. The topological polar surface area (TPSA) is 53.4 Å². The molecule has 1 aromatic heterocycles. The molecule has 1 aliphatic rings. The van der Waals surface area contributed by atoms with Gasteiger partial charge in [-0.05, 0) is 26.3 Å². The fourth-order valence-electron chi connectivity index (χ4n) is 2.43. The third-order valence-corrected chi connectivity index (χ3v) is 4.44. The summed E-state index contributed by atoms with van der Waals surface area (Å²) in [6, 6.07) is 0.678. The molecule has 18 heavy (non-hydrogen) atoms. The van der Waals surface area contributed by atoms with Crippen molar-refractivity contribution in [2.24, 2.45) is 0 Å². The maximum Gasteiger partial charge on any atom is 0.309 e. The number of thiazole rings is 1. The highest BCUT2D eigenvalue weighted by atomic mass is 32.1. The van der Waals surface area contributed by atoms with Crippen LogP contribution >= 0.6 is 11.3 Å². The predicted octanol–water partition coefficient (Wildman–Crippen LogP) is 2.19. The SMILES string of the molecule is CC1CCCCN1CCc1nc(CC(=O)O)cs1. The van der Waals surface area contributed by atoms with Crippen LogP contribution in [0.15, 0.2) is 5.38 Å². The van der Waals surface area contributed by atoms with Crippen LogP contribution in [-0.2, 0) is 17.6 Å². The van der Waals surface area contributed by atoms with Gasteiger partial charge < -0.3 is 10.0 Å². The molecule has 0 spiro atoms. The van der Waals surface area contributed by atoms with Crippen molar-refractivity contribution in [2.45, 2.75) is 45.1 Å². The van der Waals surface area contributed by atoms with Gasteiger partial charge in [0.25, 0.3) is 0 Å². The third-order valence-electron chi connectivity index (χ3n) is 3.49. The first-order valence-electron chi connectivity index (χ1n) is 6.54. The van der Waals surface area contributed by atoms with Gasteiger partial charge in [-0.2, -0.15) is 0 Å². The molecule has 0 aromatic carbocycles. The standard InChI is InChI=1S/C13H20N2O2S/c1-10-4-2-3-6-15(10)7-5-12-14-11(9-18-12)8-13(16)17/h9-10H,2-8H2,1H3,(H,16,17). The monoisotopic (exact) mass is 268 g/mol. The molecule has 1 saturated heterocycles. The predicted molar refractivity (Wildman–Crippen MR) is 72.0 cm³/mol. The molecule has 4 nitrogen and oxygen atoms in total. The van der Waals surface area contributed by atoms with Gasteiger partial charge >= 0.3 is 5.97 Å². The van der Waals surface area contributed by atoms with Crippen LogP contribution in [0.3, 0.4) is 0 Å². The lowest BCUT2D eigenvalue weighted by Crippen LogP contribution is -2.38. The summed E-state index contributed by atoms with van der Waals surface area (Å²) in [6.07, 6.45) is 4.91. The van der Waals surface area contributed by atoms with Gasteiger partial charge in [-0.15, -0.1) is 11.3 Å². The van der Waals surface area contributed by atoms with Gasteiger partial charge in [0.2, 0.25) is 0 Å². The van der Waals surface area contributed by atoms with Crippen LogP contribution in [0, 0.1) is 0 Å². The van der Waals surface area contributed by atoms with Gasteiger partial charge in [0.05, 0.1) is 17.1 Å². The maximum atomic E-state index is 10.6. The lowest BCUT2D eigenvalue weighted by atomic mass is 10.0. The molecule has 0 saturated carbocycles. The molecule has 2 heterocycles. The lowest BCUT2D eigenvalue weighted by molar-refractivity contribution is -0.136. The number of rotatable bonds is 5. The quantitative estimate of drug-likeness (QED) is 0.889. The molecule has 1 unspecified atom stereocenters. The van der Waals surface area contributed by atoms with E-state index >= 15 is 0 Å². The zero-order valence-corrected chi connectivity index (χ0v) is 11.6. The molecule has 1 N–H and O–H groups in total. The second-order valence-corrected chi connectivity index (χ2v) is 5.88. The highest BCUT2D eigenvalue weighted by Gasteiger charge is 2.18. The van der Waals surface area contributed by atoms with Gasteiger partial charge in [-0.3, -0.25) is 4.79 Å². The third kappa shape index (κ3) is 3.78. The summed E-state index contributed by atoms with van der Waals surface area (Å²) in [5.74, 6) is -0.809. The van der Waals surface area contributed by atoms with E-state index in [2.05, 4.69) is 16.8 Å². The summed E-state index contributed by atoms with van der Waals surface area (Å²) in [6.45, 7) is 4.52. The van der Waals surface area contributed by atoms with Gasteiger partial charge in [0.1, 0.15) is 0 Å². The molecule has 0 radical (unpaired) electrons. The van der Waals surface area contributed by atoms with Crippen molar-refractivity contribution in [2.75, 3.05) is 13.1 Å². The van der Waals surface area contributed by atoms with Crippen molar-refractivity contribution in [1.29, 1.82) is 0 Å². The van der Waals surface area contributed by atoms with E-state index in [-0.39, 0.29) is 6.42 Å². The Morgan fingerprint density at radius 2 is 2.44 bits per heavy atom. The van der Waals surface area contributed by atoms with E-state index in [1.54, 1.807) is 11.3 Å². The van der Waals surface area contributed by atoms with Crippen molar-refractivity contribution < 1.29 is 9.90 Å². The maximum absolute atomic E-state index is 10.6. The van der Waals surface area contributed by atoms with Crippen LogP contribution in [0.25, 0.3) is 0 Å². The highest BCUT2D eigenvalue weighted by Crippen LogP contribution is 2.18. The molecule has 1 fully saturated rings. The van der Waals surface area contributed by atoms with E-state index in [0.717, 1.165) is 18.0 Å². The number of carboxylic acid groups (broad SMARTS) is 1. The molecule has 2 rings (SSSR count). The second-order valence-electron chi connectivity index (χ2n) is 4.93. The normalized spacial score (nSPS) is 21.1. The van der Waals surface area contributed by atoms with Crippen molar-refractivity contribution in [3.8, 4) is 0 Å². The van der Waals surface area contributed by atoms with Crippen LogP contribution < -0.4 is 0 Å². The van der Waals surface area contributed by atoms with E-state index in [1.165, 1.54) is 25.8 Å². The van der Waals surface area contributed by atoms with Gasteiger partial charge in [-0.25, -0.2) is 4.98 Å². The minimum atomic E-state index is -0.809. The first-order chi connectivity index (χ1) is 8.65. The van der Waals surface area contributed by atoms with Crippen LogP contribution in [0.4, 0.5) is 0 Å². The van der Waals surface area contributed by atoms with Crippen LogP contribution in [-0.4, -0.2) is 40.1 Å². The highest BCUT2D eigenvalue weighted by molar-refractivity contribution is 7.09. The van der Waals surface area contributed by atoms with Crippen molar-refractivity contribution in [3.05, 3.63) is 16.1 Å². The summed E-state index contributed by atoms with van der Waals surface area (Å²) in [5.41, 5.74) is 0.689. The first-order valence-corrected chi connectivity index (χ1v) is 7.42. The Kier molecular flexibility index (Phi) is 4.72. The molecule has 100 valence electrons.